The quantitative estimate of drug-likeness (QED) is 0.729. The normalized spacial score (nSPS) is 19.5. The first kappa shape index (κ1) is 10.6. The van der Waals surface area contributed by atoms with Gasteiger partial charge in [0.1, 0.15) is 0 Å². The molecule has 0 spiro atoms. The summed E-state index contributed by atoms with van der Waals surface area (Å²) in [5.41, 5.74) is 2.65. The molecular formula is C12H17ClN2. The van der Waals surface area contributed by atoms with Gasteiger partial charge in [0.25, 0.3) is 0 Å². The average Bonchev–Trinajstić information content (AvgIpc) is 2.51. The molecule has 2 nitrogen and oxygen atoms in total. The number of alkyl halides is 1. The van der Waals surface area contributed by atoms with Crippen LogP contribution in [0.3, 0.4) is 0 Å². The minimum atomic E-state index is 0.436. The molecule has 1 atom stereocenters. The maximum atomic E-state index is 5.75. The molecule has 0 bridgehead atoms. The van der Waals surface area contributed by atoms with Gasteiger partial charge >= 0.3 is 0 Å². The van der Waals surface area contributed by atoms with Crippen LogP contribution < -0.4 is 9.80 Å². The molecule has 1 aromatic carbocycles. The van der Waals surface area contributed by atoms with Crippen LogP contribution >= 0.6 is 11.6 Å². The number of fused-ring (bicyclic) bond motifs is 1. The van der Waals surface area contributed by atoms with Gasteiger partial charge in [0.2, 0.25) is 0 Å². The van der Waals surface area contributed by atoms with Gasteiger partial charge in [-0.1, -0.05) is 12.1 Å². The topological polar surface area (TPSA) is 6.48 Å². The molecule has 0 amide bonds. The Labute approximate surface area is 96.4 Å². The van der Waals surface area contributed by atoms with E-state index in [4.69, 9.17) is 11.6 Å². The largest absolute Gasteiger partial charge is 0.353 e. The number of nitrogens with zero attached hydrogens (tertiary/aromatic N) is 2. The van der Waals surface area contributed by atoms with Gasteiger partial charge in [-0.15, -0.1) is 11.6 Å². The number of hydrogen-bond acceptors (Lipinski definition) is 2. The predicted molar refractivity (Wildman–Crippen MR) is 67.0 cm³/mol. The Balaban J connectivity index is 2.25. The van der Waals surface area contributed by atoms with Crippen molar-refractivity contribution in [1.29, 1.82) is 0 Å². The van der Waals surface area contributed by atoms with Crippen molar-refractivity contribution >= 4 is 23.0 Å². The molecule has 2 rings (SSSR count). The van der Waals surface area contributed by atoms with E-state index in [1.165, 1.54) is 11.4 Å². The second kappa shape index (κ2) is 4.31. The van der Waals surface area contributed by atoms with Crippen molar-refractivity contribution in [2.24, 2.45) is 0 Å². The average molecular weight is 225 g/mol. The van der Waals surface area contributed by atoms with Crippen molar-refractivity contribution in [1.82, 2.24) is 0 Å². The van der Waals surface area contributed by atoms with Crippen molar-refractivity contribution in [2.45, 2.75) is 19.5 Å². The molecule has 1 aromatic rings. The molecule has 0 saturated carbocycles. The van der Waals surface area contributed by atoms with E-state index in [0.29, 0.717) is 6.17 Å². The third-order valence-corrected chi connectivity index (χ3v) is 3.38. The van der Waals surface area contributed by atoms with E-state index < -0.39 is 0 Å². The van der Waals surface area contributed by atoms with Gasteiger partial charge in [-0.2, -0.15) is 0 Å². The first-order chi connectivity index (χ1) is 7.25. The summed E-state index contributed by atoms with van der Waals surface area (Å²) in [6, 6.07) is 8.54. The van der Waals surface area contributed by atoms with Crippen LogP contribution in [0.1, 0.15) is 13.3 Å². The van der Waals surface area contributed by atoms with Gasteiger partial charge in [-0.3, -0.25) is 0 Å². The lowest BCUT2D eigenvalue weighted by molar-refractivity contribution is 0.650. The van der Waals surface area contributed by atoms with Gasteiger partial charge in [0.15, 0.2) is 0 Å². The minimum absolute atomic E-state index is 0.436. The van der Waals surface area contributed by atoms with Crippen LogP contribution in [0.25, 0.3) is 0 Å². The minimum Gasteiger partial charge on any atom is -0.353 e. The van der Waals surface area contributed by atoms with Crippen molar-refractivity contribution < 1.29 is 0 Å². The first-order valence-corrected chi connectivity index (χ1v) is 5.93. The van der Waals surface area contributed by atoms with Gasteiger partial charge in [-0.05, 0) is 25.5 Å². The number of halogens is 1. The fourth-order valence-corrected chi connectivity index (χ4v) is 2.27. The summed E-state index contributed by atoms with van der Waals surface area (Å²) in [6.07, 6.45) is 1.47. The molecule has 0 saturated heterocycles. The van der Waals surface area contributed by atoms with E-state index in [1.807, 2.05) is 0 Å². The highest BCUT2D eigenvalue weighted by molar-refractivity contribution is 6.17. The fourth-order valence-electron chi connectivity index (χ4n) is 2.15. The van der Waals surface area contributed by atoms with Crippen LogP contribution in [0.4, 0.5) is 11.4 Å². The molecule has 1 aliphatic rings. The zero-order chi connectivity index (χ0) is 10.8. The highest BCUT2D eigenvalue weighted by Gasteiger charge is 2.28. The Morgan fingerprint density at radius 2 is 1.93 bits per heavy atom. The highest BCUT2D eigenvalue weighted by atomic mass is 35.5. The Kier molecular flexibility index (Phi) is 3.06. The summed E-state index contributed by atoms with van der Waals surface area (Å²) < 4.78 is 0. The Morgan fingerprint density at radius 1 is 1.27 bits per heavy atom. The van der Waals surface area contributed by atoms with Crippen LogP contribution in [0, 0.1) is 0 Å². The summed E-state index contributed by atoms with van der Waals surface area (Å²) in [7, 11) is 2.14. The number of rotatable bonds is 3. The monoisotopic (exact) mass is 224 g/mol. The van der Waals surface area contributed by atoms with Crippen LogP contribution in [-0.2, 0) is 0 Å². The standard InChI is InChI=1S/C12H17ClN2/c1-10-14(2)11-6-3-4-7-12(11)15(10)9-5-8-13/h3-4,6-7,10H,5,8-9H2,1-2H3. The van der Waals surface area contributed by atoms with E-state index >= 15 is 0 Å². The van der Waals surface area contributed by atoms with Crippen molar-refractivity contribution in [3.8, 4) is 0 Å². The predicted octanol–water partition coefficient (Wildman–Crippen LogP) is 2.92. The summed E-state index contributed by atoms with van der Waals surface area (Å²) >= 11 is 5.75. The summed E-state index contributed by atoms with van der Waals surface area (Å²) in [4.78, 5) is 4.72. The summed E-state index contributed by atoms with van der Waals surface area (Å²) in [5.74, 6) is 0.731. The number of anilines is 2. The van der Waals surface area contributed by atoms with Crippen LogP contribution in [0.15, 0.2) is 24.3 Å². The molecular weight excluding hydrogens is 208 g/mol. The van der Waals surface area contributed by atoms with E-state index in [-0.39, 0.29) is 0 Å². The van der Waals surface area contributed by atoms with Crippen molar-refractivity contribution in [3.63, 3.8) is 0 Å². The molecule has 82 valence electrons. The molecule has 1 aliphatic heterocycles. The number of hydrogen-bond donors (Lipinski definition) is 0. The molecule has 1 heterocycles. The summed E-state index contributed by atoms with van der Waals surface area (Å²) in [5, 5.41) is 0. The van der Waals surface area contributed by atoms with Gasteiger partial charge in [0, 0.05) is 19.5 Å². The van der Waals surface area contributed by atoms with Crippen molar-refractivity contribution in [2.75, 3.05) is 29.3 Å². The molecule has 0 N–H and O–H groups in total. The van der Waals surface area contributed by atoms with Crippen LogP contribution in [-0.4, -0.2) is 25.6 Å². The van der Waals surface area contributed by atoms with E-state index in [2.05, 4.69) is 48.0 Å². The third kappa shape index (κ3) is 1.78. The van der Waals surface area contributed by atoms with Gasteiger partial charge < -0.3 is 9.80 Å². The molecule has 0 aromatic heterocycles. The van der Waals surface area contributed by atoms with E-state index in [0.717, 1.165) is 18.8 Å². The smallest absolute Gasteiger partial charge is 0.0985 e. The van der Waals surface area contributed by atoms with Gasteiger partial charge in [0.05, 0.1) is 17.5 Å². The third-order valence-electron chi connectivity index (χ3n) is 3.12. The molecule has 0 aliphatic carbocycles. The first-order valence-electron chi connectivity index (χ1n) is 5.40. The highest BCUT2D eigenvalue weighted by Crippen LogP contribution is 2.37. The number of benzene rings is 1. The second-order valence-electron chi connectivity index (χ2n) is 3.97. The summed E-state index contributed by atoms with van der Waals surface area (Å²) in [6.45, 7) is 3.26. The lowest BCUT2D eigenvalue weighted by atomic mass is 10.2. The zero-order valence-corrected chi connectivity index (χ0v) is 10.0. The van der Waals surface area contributed by atoms with Gasteiger partial charge in [-0.25, -0.2) is 0 Å². The molecule has 3 heteroatoms. The maximum Gasteiger partial charge on any atom is 0.0985 e. The molecule has 0 radical (unpaired) electrons. The van der Waals surface area contributed by atoms with Crippen LogP contribution in [0.5, 0.6) is 0 Å². The van der Waals surface area contributed by atoms with Crippen LogP contribution in [0.2, 0.25) is 0 Å². The van der Waals surface area contributed by atoms with Crippen molar-refractivity contribution in [3.05, 3.63) is 24.3 Å². The maximum absolute atomic E-state index is 5.75. The fraction of sp³-hybridized carbons (Fsp3) is 0.500. The molecule has 0 fully saturated rings. The van der Waals surface area contributed by atoms with E-state index in [9.17, 15) is 0 Å². The van der Waals surface area contributed by atoms with E-state index in [1.54, 1.807) is 0 Å². The number of para-hydroxylation sites is 2. The molecule has 1 unspecified atom stereocenters. The Hall–Kier alpha value is -0.890. The SMILES string of the molecule is CC1N(C)c2ccccc2N1CCCCl. The Morgan fingerprint density at radius 3 is 2.60 bits per heavy atom. The lowest BCUT2D eigenvalue weighted by Crippen LogP contribution is -2.39. The lowest BCUT2D eigenvalue weighted by Gasteiger charge is -2.27. The second-order valence-corrected chi connectivity index (χ2v) is 4.35. The zero-order valence-electron chi connectivity index (χ0n) is 9.28. The molecule has 15 heavy (non-hydrogen) atoms. The Bertz CT molecular complexity index is 340.